The van der Waals surface area contributed by atoms with Crippen molar-refractivity contribution in [3.05, 3.63) is 46.5 Å². The maximum Gasteiger partial charge on any atom is 0.308 e. The fraction of sp³-hybridized carbons (Fsp3) is 0.118. The molecule has 0 bridgehead atoms. The van der Waals surface area contributed by atoms with Crippen molar-refractivity contribution >= 4 is 44.8 Å². The summed E-state index contributed by atoms with van der Waals surface area (Å²) in [5, 5.41) is 11.7. The molecule has 0 aliphatic rings. The maximum absolute atomic E-state index is 11.1. The number of halogens is 1. The zero-order valence-corrected chi connectivity index (χ0v) is 16.2. The molecule has 0 saturated carbocycles. The molecule has 12 nitrogen and oxygen atoms in total. The number of aromatic amines is 1. The number of benzene rings is 2. The average Bonchev–Trinajstić information content (AvgIpc) is 2.99. The molecule has 2 heterocycles. The lowest BCUT2D eigenvalue weighted by molar-refractivity contribution is -2.00. The first kappa shape index (κ1) is 21.3. The van der Waals surface area contributed by atoms with Crippen LogP contribution in [0.2, 0.25) is 0 Å². The highest BCUT2D eigenvalue weighted by atomic mass is 35.7. The van der Waals surface area contributed by atoms with E-state index >= 15 is 0 Å². The van der Waals surface area contributed by atoms with Gasteiger partial charge >= 0.3 is 11.6 Å². The number of nitrogens with one attached hydrogen (secondary N) is 1. The molecule has 0 saturated heterocycles. The van der Waals surface area contributed by atoms with Crippen LogP contribution in [0.5, 0.6) is 5.75 Å². The molecule has 0 fully saturated rings. The Morgan fingerprint density at radius 2 is 1.83 bits per heavy atom. The van der Waals surface area contributed by atoms with E-state index in [0.717, 1.165) is 16.7 Å². The number of hydrogen-bond acceptors (Lipinski definition) is 9. The molecule has 2 aromatic carbocycles. The molecule has 4 rings (SSSR count). The number of ether oxygens (including phenoxy) is 1. The highest BCUT2D eigenvalue weighted by molar-refractivity contribution is 6.04. The summed E-state index contributed by atoms with van der Waals surface area (Å²) in [5.41, 5.74) is 3.62. The summed E-state index contributed by atoms with van der Waals surface area (Å²) in [6.07, 6.45) is 0. The Morgan fingerprint density at radius 3 is 2.43 bits per heavy atom. The van der Waals surface area contributed by atoms with Crippen molar-refractivity contribution in [3.8, 4) is 5.75 Å². The smallest absolute Gasteiger partial charge is 0.308 e. The Labute approximate surface area is 169 Å². The van der Waals surface area contributed by atoms with Gasteiger partial charge in [0.1, 0.15) is 16.8 Å². The van der Waals surface area contributed by atoms with Crippen molar-refractivity contribution in [2.24, 2.45) is 7.05 Å². The summed E-state index contributed by atoms with van der Waals surface area (Å²) in [6, 6.07) is 9.79. The Kier molecular flexibility index (Phi) is 5.52. The molecule has 0 amide bonds. The van der Waals surface area contributed by atoms with Gasteiger partial charge in [0, 0.05) is 25.1 Å². The van der Waals surface area contributed by atoms with E-state index in [-0.39, 0.29) is 5.69 Å². The average molecular weight is 437 g/mol. The monoisotopic (exact) mass is 436 g/mol. The number of carbonyl (C=O) groups excluding carboxylic acids is 1. The van der Waals surface area contributed by atoms with Gasteiger partial charge in [-0.1, -0.05) is 0 Å². The van der Waals surface area contributed by atoms with Crippen LogP contribution < -0.4 is 27.9 Å². The largest absolute Gasteiger partial charge is 0.427 e. The minimum absolute atomic E-state index is 0.0168. The van der Waals surface area contributed by atoms with E-state index in [0.29, 0.717) is 22.2 Å². The number of esters is 1. The summed E-state index contributed by atoms with van der Waals surface area (Å²) in [6.45, 7) is 1.34. The van der Waals surface area contributed by atoms with Crippen molar-refractivity contribution in [2.75, 3.05) is 0 Å². The van der Waals surface area contributed by atoms with Crippen LogP contribution in [0.3, 0.4) is 0 Å². The Balaban J connectivity index is 0.000000461. The molecule has 0 unspecified atom stereocenters. The number of non-ortho nitro benzene ring substituents is 1. The molecule has 0 spiro atoms. The third-order valence-electron chi connectivity index (χ3n) is 4.08. The van der Waals surface area contributed by atoms with Gasteiger partial charge in [-0.15, -0.1) is 10.2 Å². The summed E-state index contributed by atoms with van der Waals surface area (Å²) >= 11 is 0. The van der Waals surface area contributed by atoms with E-state index < -0.39 is 21.1 Å². The second-order valence-electron chi connectivity index (χ2n) is 6.10. The van der Waals surface area contributed by atoms with Crippen LogP contribution in [-0.2, 0) is 11.8 Å². The molecule has 0 atom stereocenters. The van der Waals surface area contributed by atoms with Gasteiger partial charge < -0.3 is 4.74 Å². The Bertz CT molecular complexity index is 1290. The van der Waals surface area contributed by atoms with Crippen LogP contribution >= 0.6 is 0 Å². The third-order valence-corrected chi connectivity index (χ3v) is 4.08. The van der Waals surface area contributed by atoms with Crippen LogP contribution in [0.4, 0.5) is 5.69 Å². The number of aromatic nitrogens is 3. The van der Waals surface area contributed by atoms with E-state index in [4.69, 9.17) is 23.4 Å². The second kappa shape index (κ2) is 7.78. The molecular formula is C17H13ClN4O8. The van der Waals surface area contributed by atoms with Crippen LogP contribution in [0.25, 0.3) is 33.1 Å². The van der Waals surface area contributed by atoms with Crippen molar-refractivity contribution in [1.82, 2.24) is 9.97 Å². The van der Waals surface area contributed by atoms with Crippen LogP contribution in [0.15, 0.2) is 36.4 Å². The van der Waals surface area contributed by atoms with E-state index in [2.05, 4.69) is 9.97 Å². The van der Waals surface area contributed by atoms with Gasteiger partial charge in [-0.25, -0.2) is 33.2 Å². The van der Waals surface area contributed by atoms with Crippen LogP contribution in [0.1, 0.15) is 6.92 Å². The second-order valence-corrected chi connectivity index (χ2v) is 6.86. The van der Waals surface area contributed by atoms with E-state index in [1.54, 1.807) is 24.3 Å². The number of aryl methyl sites for hydroxylation is 1. The number of rotatable bonds is 2. The minimum Gasteiger partial charge on any atom is -0.427 e. The summed E-state index contributed by atoms with van der Waals surface area (Å²) < 4.78 is 41.0. The fourth-order valence-electron chi connectivity index (χ4n) is 2.96. The van der Waals surface area contributed by atoms with E-state index in [9.17, 15) is 14.9 Å². The molecule has 0 aliphatic carbocycles. The van der Waals surface area contributed by atoms with Gasteiger partial charge in [-0.2, -0.15) is 0 Å². The summed E-state index contributed by atoms with van der Waals surface area (Å²) in [4.78, 5) is 29.6. The number of hydrogen-bond donors (Lipinski definition) is 1. The normalized spacial score (nSPS) is 11.4. The van der Waals surface area contributed by atoms with Crippen LogP contribution in [0, 0.1) is 20.4 Å². The summed E-state index contributed by atoms with van der Waals surface area (Å²) in [7, 11) is -3.09. The standard InChI is InChI=1S/C17H12N4O4.ClHO4/c1-9(22)25-11-4-6-14-15(8-11)20(2)17-16(18-14)12-7-10(21(23)24)3-5-13(12)19-17;2-1(3,4)5/h3-8H,1-2H3;(H,2,3,4,5). The van der Waals surface area contributed by atoms with Crippen molar-refractivity contribution in [1.29, 1.82) is 0 Å². The lowest BCUT2D eigenvalue weighted by Gasteiger charge is -2.17. The zero-order valence-electron chi connectivity index (χ0n) is 15.4. The van der Waals surface area contributed by atoms with Gasteiger partial charge in [-0.05, 0) is 18.2 Å². The Morgan fingerprint density at radius 1 is 1.17 bits per heavy atom. The van der Waals surface area contributed by atoms with Gasteiger partial charge in [-0.3, -0.25) is 14.9 Å². The lowest BCUT2D eigenvalue weighted by atomic mass is 10.2. The van der Waals surface area contributed by atoms with Crippen LogP contribution in [-0.4, -0.2) is 20.9 Å². The molecule has 156 valence electrons. The maximum atomic E-state index is 11.1. The molecule has 13 heteroatoms. The van der Waals surface area contributed by atoms with E-state index in [1.807, 2.05) is 11.6 Å². The minimum atomic E-state index is -4.94. The lowest BCUT2D eigenvalue weighted by Crippen LogP contribution is -2.68. The van der Waals surface area contributed by atoms with Crippen molar-refractivity contribution in [2.45, 2.75) is 6.92 Å². The predicted molar refractivity (Wildman–Crippen MR) is 90.2 cm³/mol. The first-order valence-electron chi connectivity index (χ1n) is 8.14. The van der Waals surface area contributed by atoms with Gasteiger partial charge in [0.15, 0.2) is 11.0 Å². The molecule has 0 aliphatic heterocycles. The number of carbonyl (C=O) groups is 1. The zero-order chi connectivity index (χ0) is 22.2. The molecule has 0 radical (unpaired) electrons. The Hall–Kier alpha value is -3.42. The third kappa shape index (κ3) is 4.59. The van der Waals surface area contributed by atoms with Gasteiger partial charge in [0.25, 0.3) is 5.69 Å². The number of nitro groups is 1. The molecule has 4 aromatic rings. The molecule has 1 N–H and O–H groups in total. The first-order valence-corrected chi connectivity index (χ1v) is 9.37. The topological polar surface area (TPSA) is 194 Å². The highest BCUT2D eigenvalue weighted by Crippen LogP contribution is 2.28. The molecular weight excluding hydrogens is 424 g/mol. The van der Waals surface area contributed by atoms with Crippen molar-refractivity contribution in [3.63, 3.8) is 0 Å². The molecule has 2 aromatic heterocycles. The summed E-state index contributed by atoms with van der Waals surface area (Å²) in [5.74, 6) is 0.0393. The number of H-pyrrole nitrogens is 1. The number of fused-ring (bicyclic) bond motifs is 4. The first-order chi connectivity index (χ1) is 13.9. The molecule has 30 heavy (non-hydrogen) atoms. The SMILES string of the molecule is CC(=O)Oc1ccc2nc3c4cc([N+](=O)[O-])ccc4[nH]c3[n+](C)c2c1.[O-][Cl+3]([O-])([O-])[O-]. The number of nitro benzene ring substituents is 1. The van der Waals surface area contributed by atoms with Crippen molar-refractivity contribution < 1.29 is 47.9 Å². The number of nitrogens with zero attached hydrogens (tertiary/aromatic N) is 3. The predicted octanol–water partition coefficient (Wildman–Crippen LogP) is -2.23. The van der Waals surface area contributed by atoms with Gasteiger partial charge in [0.2, 0.25) is 0 Å². The fourth-order valence-corrected chi connectivity index (χ4v) is 2.96. The van der Waals surface area contributed by atoms with Gasteiger partial charge in [0.05, 0.1) is 17.4 Å². The van der Waals surface area contributed by atoms with E-state index in [1.165, 1.54) is 19.1 Å². The highest BCUT2D eigenvalue weighted by Gasteiger charge is 2.20. The quantitative estimate of drug-likeness (QED) is 0.119.